The van der Waals surface area contributed by atoms with Crippen LogP contribution < -0.4 is 4.90 Å². The lowest BCUT2D eigenvalue weighted by atomic mass is 9.88. The number of imide groups is 1. The summed E-state index contributed by atoms with van der Waals surface area (Å²) in [5.74, 6) is -1.28. The monoisotopic (exact) mass is 443 g/mol. The highest BCUT2D eigenvalue weighted by molar-refractivity contribution is 6.35. The number of benzene rings is 3. The molecule has 1 saturated heterocycles. The Morgan fingerprint density at radius 1 is 0.844 bits per heavy atom. The van der Waals surface area contributed by atoms with Crippen molar-refractivity contribution in [2.75, 3.05) is 4.90 Å². The van der Waals surface area contributed by atoms with E-state index in [1.807, 2.05) is 12.1 Å². The van der Waals surface area contributed by atoms with Crippen molar-refractivity contribution in [2.45, 2.75) is 18.4 Å². The zero-order valence-corrected chi connectivity index (χ0v) is 17.7. The summed E-state index contributed by atoms with van der Waals surface area (Å²) in [5, 5.41) is 6.21. The average Bonchev–Trinajstić information content (AvgIpc) is 3.31. The highest BCUT2D eigenvalue weighted by atomic mass is 35.5. The summed E-state index contributed by atoms with van der Waals surface area (Å²) in [6.07, 6.45) is -0.0556. The summed E-state index contributed by atoms with van der Waals surface area (Å²) >= 11 is 6.39. The Balaban J connectivity index is 1.62. The van der Waals surface area contributed by atoms with Crippen molar-refractivity contribution in [3.8, 4) is 0 Å². The minimum Gasteiger partial charge on any atom is -0.274 e. The summed E-state index contributed by atoms with van der Waals surface area (Å²) in [7, 11) is 0. The number of amides is 3. The van der Waals surface area contributed by atoms with Crippen LogP contribution in [0.1, 0.15) is 28.8 Å². The van der Waals surface area contributed by atoms with E-state index in [4.69, 9.17) is 11.6 Å². The second kappa shape index (κ2) is 7.73. The molecule has 7 heteroatoms. The normalized spacial score (nSPS) is 20.2. The van der Waals surface area contributed by atoms with Crippen molar-refractivity contribution < 1.29 is 14.4 Å². The Morgan fingerprint density at radius 3 is 2.16 bits per heavy atom. The molecule has 0 N–H and O–H groups in total. The minimum absolute atomic E-state index is 0.100. The fourth-order valence-electron chi connectivity index (χ4n) is 4.26. The number of carbonyl (C=O) groups excluding carboxylic acids is 3. The SMILES string of the molecule is O=C1CC2(CC(c3ccccc3Cl)=NN2C(=O)c2ccccc2)C(=O)N1c1ccccc1. The Morgan fingerprint density at radius 2 is 1.47 bits per heavy atom. The minimum atomic E-state index is -1.44. The van der Waals surface area contributed by atoms with Gasteiger partial charge in [-0.3, -0.25) is 14.4 Å². The molecular weight excluding hydrogens is 426 g/mol. The number of hydrogen-bond acceptors (Lipinski definition) is 4. The van der Waals surface area contributed by atoms with Crippen LogP contribution in [0.4, 0.5) is 5.69 Å². The first kappa shape index (κ1) is 20.2. The predicted octanol–water partition coefficient (Wildman–Crippen LogP) is 4.29. The number of anilines is 1. The number of rotatable bonds is 3. The maximum atomic E-state index is 13.8. The number of carbonyl (C=O) groups is 3. The van der Waals surface area contributed by atoms with Crippen LogP contribution in [-0.2, 0) is 9.59 Å². The van der Waals surface area contributed by atoms with Crippen molar-refractivity contribution in [1.82, 2.24) is 5.01 Å². The Bertz CT molecular complexity index is 1260. The third-order valence-electron chi connectivity index (χ3n) is 5.79. The first-order valence-corrected chi connectivity index (χ1v) is 10.5. The molecule has 5 rings (SSSR count). The lowest BCUT2D eigenvalue weighted by Crippen LogP contribution is -2.52. The Kier molecular flexibility index (Phi) is 4.87. The van der Waals surface area contributed by atoms with Crippen molar-refractivity contribution in [3.63, 3.8) is 0 Å². The van der Waals surface area contributed by atoms with Gasteiger partial charge in [-0.05, 0) is 30.3 Å². The van der Waals surface area contributed by atoms with Gasteiger partial charge in [0.15, 0.2) is 5.54 Å². The van der Waals surface area contributed by atoms with Gasteiger partial charge in [0.25, 0.3) is 11.8 Å². The average molecular weight is 444 g/mol. The van der Waals surface area contributed by atoms with E-state index in [1.54, 1.807) is 72.8 Å². The number of hydrazone groups is 1. The van der Waals surface area contributed by atoms with Gasteiger partial charge in [-0.2, -0.15) is 5.10 Å². The molecule has 2 aliphatic heterocycles. The lowest BCUT2D eigenvalue weighted by molar-refractivity contribution is -0.125. The number of hydrogen-bond donors (Lipinski definition) is 0. The molecule has 0 bridgehead atoms. The van der Waals surface area contributed by atoms with Crippen LogP contribution in [0.15, 0.2) is 90.0 Å². The summed E-state index contributed by atoms with van der Waals surface area (Å²) in [4.78, 5) is 41.4. The highest BCUT2D eigenvalue weighted by Crippen LogP contribution is 2.42. The van der Waals surface area contributed by atoms with Gasteiger partial charge >= 0.3 is 0 Å². The summed E-state index contributed by atoms with van der Waals surface area (Å²) in [5.41, 5.74) is 0.548. The van der Waals surface area contributed by atoms with E-state index in [0.717, 1.165) is 4.90 Å². The molecule has 0 aromatic heterocycles. The fraction of sp³-hybridized carbons (Fsp3) is 0.120. The quantitative estimate of drug-likeness (QED) is 0.567. The van der Waals surface area contributed by atoms with Crippen molar-refractivity contribution in [1.29, 1.82) is 0 Å². The van der Waals surface area contributed by atoms with Gasteiger partial charge in [0.2, 0.25) is 5.91 Å². The fourth-order valence-corrected chi connectivity index (χ4v) is 4.50. The second-order valence-electron chi connectivity index (χ2n) is 7.76. The van der Waals surface area contributed by atoms with E-state index in [9.17, 15) is 14.4 Å². The molecule has 0 saturated carbocycles. The Labute approximate surface area is 189 Å². The molecule has 2 heterocycles. The summed E-state index contributed by atoms with van der Waals surface area (Å²) in [6.45, 7) is 0. The molecule has 3 aromatic rings. The smallest absolute Gasteiger partial charge is 0.274 e. The molecule has 6 nitrogen and oxygen atoms in total. The third-order valence-corrected chi connectivity index (χ3v) is 6.12. The van der Waals surface area contributed by atoms with Gasteiger partial charge in [0.1, 0.15) is 0 Å². The van der Waals surface area contributed by atoms with Crippen LogP contribution in [0.3, 0.4) is 0 Å². The maximum Gasteiger partial charge on any atom is 0.275 e. The molecule has 1 spiro atoms. The number of halogens is 1. The second-order valence-corrected chi connectivity index (χ2v) is 8.17. The Hall–Kier alpha value is -3.77. The molecular formula is C25H18ClN3O3. The molecule has 2 aliphatic rings. The van der Waals surface area contributed by atoms with Gasteiger partial charge in [-0.25, -0.2) is 9.91 Å². The number of nitrogens with zero attached hydrogens (tertiary/aromatic N) is 3. The zero-order chi connectivity index (χ0) is 22.3. The predicted molar refractivity (Wildman–Crippen MR) is 122 cm³/mol. The molecule has 158 valence electrons. The molecule has 0 aliphatic carbocycles. The summed E-state index contributed by atoms with van der Waals surface area (Å²) in [6, 6.07) is 24.5. The van der Waals surface area contributed by atoms with Crippen LogP contribution in [0, 0.1) is 0 Å². The molecule has 1 unspecified atom stereocenters. The molecule has 1 fully saturated rings. The zero-order valence-electron chi connectivity index (χ0n) is 16.9. The van der Waals surface area contributed by atoms with Crippen molar-refractivity contribution in [3.05, 3.63) is 101 Å². The van der Waals surface area contributed by atoms with Gasteiger partial charge in [0, 0.05) is 22.6 Å². The van der Waals surface area contributed by atoms with E-state index in [0.29, 0.717) is 27.5 Å². The van der Waals surface area contributed by atoms with Crippen LogP contribution >= 0.6 is 11.6 Å². The van der Waals surface area contributed by atoms with Crippen LogP contribution in [-0.4, -0.2) is 34.0 Å². The third kappa shape index (κ3) is 3.11. The number of para-hydroxylation sites is 1. The van der Waals surface area contributed by atoms with Gasteiger partial charge < -0.3 is 0 Å². The van der Waals surface area contributed by atoms with E-state index < -0.39 is 17.4 Å². The standard InChI is InChI=1S/C25H18ClN3O3/c26-20-14-8-7-13-19(20)21-15-25(29(27-21)23(31)17-9-3-1-4-10-17)16-22(30)28(24(25)32)18-11-5-2-6-12-18/h1-14H,15-16H2. The van der Waals surface area contributed by atoms with Crippen molar-refractivity contribution >= 4 is 40.7 Å². The van der Waals surface area contributed by atoms with Crippen LogP contribution in [0.25, 0.3) is 0 Å². The first-order valence-electron chi connectivity index (χ1n) is 10.2. The maximum absolute atomic E-state index is 13.8. The topological polar surface area (TPSA) is 70.0 Å². The van der Waals surface area contributed by atoms with E-state index >= 15 is 0 Å². The van der Waals surface area contributed by atoms with Gasteiger partial charge in [-0.15, -0.1) is 0 Å². The van der Waals surface area contributed by atoms with Crippen LogP contribution in [0.5, 0.6) is 0 Å². The molecule has 0 radical (unpaired) electrons. The van der Waals surface area contributed by atoms with E-state index in [2.05, 4.69) is 5.10 Å². The molecule has 3 aromatic carbocycles. The molecule has 32 heavy (non-hydrogen) atoms. The summed E-state index contributed by atoms with van der Waals surface area (Å²) < 4.78 is 0. The van der Waals surface area contributed by atoms with Gasteiger partial charge in [-0.1, -0.05) is 66.2 Å². The van der Waals surface area contributed by atoms with Crippen LogP contribution in [0.2, 0.25) is 5.02 Å². The molecule has 1 atom stereocenters. The molecule has 3 amide bonds. The highest BCUT2D eigenvalue weighted by Gasteiger charge is 2.61. The first-order chi connectivity index (χ1) is 15.5. The van der Waals surface area contributed by atoms with Crippen molar-refractivity contribution in [2.24, 2.45) is 5.10 Å². The van der Waals surface area contributed by atoms with Gasteiger partial charge in [0.05, 0.1) is 17.8 Å². The lowest BCUT2D eigenvalue weighted by Gasteiger charge is -2.30. The largest absolute Gasteiger partial charge is 0.275 e. The van der Waals surface area contributed by atoms with E-state index in [1.165, 1.54) is 5.01 Å². The van der Waals surface area contributed by atoms with E-state index in [-0.39, 0.29) is 18.7 Å².